The van der Waals surface area contributed by atoms with Crippen LogP contribution < -0.4 is 5.32 Å². The summed E-state index contributed by atoms with van der Waals surface area (Å²) in [6, 6.07) is 6.63. The Kier molecular flexibility index (Phi) is 4.15. The molecule has 0 saturated carbocycles. The molecule has 1 saturated heterocycles. The van der Waals surface area contributed by atoms with Gasteiger partial charge >= 0.3 is 0 Å². The van der Waals surface area contributed by atoms with Crippen molar-refractivity contribution in [1.29, 1.82) is 0 Å². The molecule has 4 heteroatoms. The molecule has 3 rings (SSSR count). The van der Waals surface area contributed by atoms with E-state index in [0.717, 1.165) is 48.5 Å². The highest BCUT2D eigenvalue weighted by Gasteiger charge is 2.24. The molecule has 0 amide bonds. The maximum absolute atomic E-state index is 5.83. The Morgan fingerprint density at radius 1 is 1.38 bits per heavy atom. The Balaban J connectivity index is 1.72. The van der Waals surface area contributed by atoms with Crippen LogP contribution in [0.15, 0.2) is 22.6 Å². The van der Waals surface area contributed by atoms with Gasteiger partial charge in [-0.15, -0.1) is 0 Å². The van der Waals surface area contributed by atoms with Crippen LogP contribution in [0, 0.1) is 5.92 Å². The van der Waals surface area contributed by atoms with E-state index in [1.807, 2.05) is 6.07 Å². The highest BCUT2D eigenvalue weighted by atomic mass is 16.5. The van der Waals surface area contributed by atoms with Crippen molar-refractivity contribution < 1.29 is 9.15 Å². The number of oxazole rings is 1. The van der Waals surface area contributed by atoms with Crippen LogP contribution in [0.3, 0.4) is 0 Å². The molecule has 4 nitrogen and oxygen atoms in total. The van der Waals surface area contributed by atoms with E-state index in [2.05, 4.69) is 43.2 Å². The third-order valence-corrected chi connectivity index (χ3v) is 4.16. The van der Waals surface area contributed by atoms with Gasteiger partial charge in [0, 0.05) is 24.8 Å². The van der Waals surface area contributed by atoms with Gasteiger partial charge in [0.2, 0.25) is 0 Å². The third kappa shape index (κ3) is 3.21. The van der Waals surface area contributed by atoms with E-state index in [4.69, 9.17) is 9.15 Å². The van der Waals surface area contributed by atoms with Crippen molar-refractivity contribution in [2.45, 2.75) is 52.2 Å². The summed E-state index contributed by atoms with van der Waals surface area (Å²) < 4.78 is 11.5. The minimum atomic E-state index is 0.360. The lowest BCUT2D eigenvalue weighted by molar-refractivity contribution is -0.0160. The molecule has 2 aromatic rings. The number of hydrogen-bond donors (Lipinski definition) is 1. The molecule has 1 aromatic carbocycles. The molecular formula is C17H24N2O2. The maximum Gasteiger partial charge on any atom is 0.195 e. The minimum Gasteiger partial charge on any atom is -0.441 e. The van der Waals surface area contributed by atoms with Crippen molar-refractivity contribution in [3.05, 3.63) is 24.1 Å². The van der Waals surface area contributed by atoms with Gasteiger partial charge in [0.1, 0.15) is 5.52 Å². The zero-order chi connectivity index (χ0) is 14.8. The number of nitrogens with one attached hydrogen (secondary N) is 1. The highest BCUT2D eigenvalue weighted by Crippen LogP contribution is 2.25. The number of benzene rings is 1. The minimum absolute atomic E-state index is 0.360. The maximum atomic E-state index is 5.83. The van der Waals surface area contributed by atoms with Gasteiger partial charge in [0.05, 0.1) is 6.10 Å². The van der Waals surface area contributed by atoms with Gasteiger partial charge in [-0.3, -0.25) is 0 Å². The highest BCUT2D eigenvalue weighted by molar-refractivity contribution is 5.77. The molecule has 1 N–H and O–H groups in total. The summed E-state index contributed by atoms with van der Waals surface area (Å²) in [6.45, 7) is 7.34. The molecule has 21 heavy (non-hydrogen) atoms. The molecular weight excluding hydrogens is 264 g/mol. The number of anilines is 1. The number of fused-ring (bicyclic) bond motifs is 1. The summed E-state index contributed by atoms with van der Waals surface area (Å²) in [7, 11) is 0. The molecule has 1 aliphatic heterocycles. The Morgan fingerprint density at radius 3 is 3.00 bits per heavy atom. The number of aryl methyl sites for hydroxylation is 1. The first-order chi connectivity index (χ1) is 10.2. The molecule has 0 spiro atoms. The average Bonchev–Trinajstić information content (AvgIpc) is 2.90. The van der Waals surface area contributed by atoms with E-state index in [1.54, 1.807) is 0 Å². The fraction of sp³-hybridized carbons (Fsp3) is 0.588. The Labute approximate surface area is 125 Å². The van der Waals surface area contributed by atoms with Crippen molar-refractivity contribution in [2.75, 3.05) is 11.9 Å². The quantitative estimate of drug-likeness (QED) is 0.923. The van der Waals surface area contributed by atoms with Crippen LogP contribution in [0.5, 0.6) is 0 Å². The Morgan fingerprint density at radius 2 is 2.24 bits per heavy atom. The average molecular weight is 288 g/mol. The molecule has 0 radical (unpaired) electrons. The fourth-order valence-corrected chi connectivity index (χ4v) is 2.88. The summed E-state index contributed by atoms with van der Waals surface area (Å²) in [5, 5.41) is 3.62. The first-order valence-corrected chi connectivity index (χ1v) is 7.93. The van der Waals surface area contributed by atoms with Gasteiger partial charge in [0.15, 0.2) is 11.5 Å². The molecule has 0 bridgehead atoms. The van der Waals surface area contributed by atoms with Crippen LogP contribution in [0.4, 0.5) is 5.69 Å². The van der Waals surface area contributed by atoms with Crippen molar-refractivity contribution in [2.24, 2.45) is 5.92 Å². The molecule has 2 unspecified atom stereocenters. The summed E-state index contributed by atoms with van der Waals surface area (Å²) in [5.41, 5.74) is 2.92. The predicted octanol–water partition coefficient (Wildman–Crippen LogP) is 4.01. The van der Waals surface area contributed by atoms with Gasteiger partial charge in [-0.2, -0.15) is 0 Å². The third-order valence-electron chi connectivity index (χ3n) is 4.16. The molecule has 114 valence electrons. The standard InChI is InChI=1S/C17H24N2O2/c1-4-17-19-14-9-12(5-6-15(14)21-17)18-13-7-8-20-16(10-13)11(2)3/h5-6,9,11,13,16,18H,4,7-8,10H2,1-3H3. The van der Waals surface area contributed by atoms with Crippen molar-refractivity contribution >= 4 is 16.8 Å². The van der Waals surface area contributed by atoms with Crippen LogP contribution in [0.1, 0.15) is 39.5 Å². The van der Waals surface area contributed by atoms with Gasteiger partial charge in [0.25, 0.3) is 0 Å². The SMILES string of the molecule is CCc1nc2cc(NC3CCOC(C(C)C)C3)ccc2o1. The van der Waals surface area contributed by atoms with Crippen LogP contribution in [-0.4, -0.2) is 23.7 Å². The first-order valence-electron chi connectivity index (χ1n) is 7.93. The van der Waals surface area contributed by atoms with Gasteiger partial charge in [-0.05, 0) is 37.0 Å². The topological polar surface area (TPSA) is 47.3 Å². The Hall–Kier alpha value is -1.55. The van der Waals surface area contributed by atoms with Crippen molar-refractivity contribution in [1.82, 2.24) is 4.98 Å². The normalized spacial score (nSPS) is 22.9. The van der Waals surface area contributed by atoms with Crippen LogP contribution >= 0.6 is 0 Å². The van der Waals surface area contributed by atoms with Gasteiger partial charge in [-0.1, -0.05) is 20.8 Å². The predicted molar refractivity (Wildman–Crippen MR) is 84.6 cm³/mol. The molecule has 0 aliphatic carbocycles. The second-order valence-corrected chi connectivity index (χ2v) is 6.16. The number of aromatic nitrogens is 1. The van der Waals surface area contributed by atoms with Crippen molar-refractivity contribution in [3.8, 4) is 0 Å². The van der Waals surface area contributed by atoms with Crippen LogP contribution in [-0.2, 0) is 11.2 Å². The fourth-order valence-electron chi connectivity index (χ4n) is 2.88. The molecule has 1 fully saturated rings. The summed E-state index contributed by atoms with van der Waals surface area (Å²) in [6.07, 6.45) is 3.31. The zero-order valence-corrected chi connectivity index (χ0v) is 13.1. The first kappa shape index (κ1) is 14.4. The van der Waals surface area contributed by atoms with E-state index < -0.39 is 0 Å². The summed E-state index contributed by atoms with van der Waals surface area (Å²) in [5.74, 6) is 1.37. The zero-order valence-electron chi connectivity index (χ0n) is 13.1. The van der Waals surface area contributed by atoms with Crippen LogP contribution in [0.25, 0.3) is 11.1 Å². The van der Waals surface area contributed by atoms with E-state index in [9.17, 15) is 0 Å². The van der Waals surface area contributed by atoms with E-state index in [1.165, 1.54) is 0 Å². The molecule has 1 aliphatic rings. The number of rotatable bonds is 4. The van der Waals surface area contributed by atoms with Crippen LogP contribution in [0.2, 0.25) is 0 Å². The smallest absolute Gasteiger partial charge is 0.195 e. The largest absolute Gasteiger partial charge is 0.441 e. The molecule has 1 aromatic heterocycles. The van der Waals surface area contributed by atoms with Crippen molar-refractivity contribution in [3.63, 3.8) is 0 Å². The molecule has 2 heterocycles. The lowest BCUT2D eigenvalue weighted by Gasteiger charge is -2.32. The lowest BCUT2D eigenvalue weighted by Crippen LogP contribution is -2.36. The Bertz CT molecular complexity index is 606. The summed E-state index contributed by atoms with van der Waals surface area (Å²) in [4.78, 5) is 4.50. The lowest BCUT2D eigenvalue weighted by atomic mass is 9.95. The number of hydrogen-bond acceptors (Lipinski definition) is 4. The van der Waals surface area contributed by atoms with Gasteiger partial charge < -0.3 is 14.5 Å². The second-order valence-electron chi connectivity index (χ2n) is 6.16. The monoisotopic (exact) mass is 288 g/mol. The van der Waals surface area contributed by atoms with E-state index in [0.29, 0.717) is 18.1 Å². The summed E-state index contributed by atoms with van der Waals surface area (Å²) >= 11 is 0. The number of ether oxygens (including phenoxy) is 1. The van der Waals surface area contributed by atoms with E-state index in [-0.39, 0.29) is 0 Å². The number of nitrogens with zero attached hydrogens (tertiary/aromatic N) is 1. The van der Waals surface area contributed by atoms with Gasteiger partial charge in [-0.25, -0.2) is 4.98 Å². The molecule has 2 atom stereocenters. The second kappa shape index (κ2) is 6.06. The van der Waals surface area contributed by atoms with E-state index >= 15 is 0 Å².